The molecule has 0 aliphatic heterocycles. The van der Waals surface area contributed by atoms with E-state index >= 15 is 0 Å². The van der Waals surface area contributed by atoms with Crippen LogP contribution in [0, 0.1) is 12.8 Å². The Labute approximate surface area is 105 Å². The minimum atomic E-state index is 0.507. The lowest BCUT2D eigenvalue weighted by atomic mass is 9.79. The third kappa shape index (κ3) is 3.53. The molecule has 1 saturated carbocycles. The summed E-state index contributed by atoms with van der Waals surface area (Å²) in [4.78, 5) is 4.32. The predicted molar refractivity (Wildman–Crippen MR) is 72.0 cm³/mol. The molecule has 0 saturated heterocycles. The van der Waals surface area contributed by atoms with E-state index in [-0.39, 0.29) is 0 Å². The molecule has 1 fully saturated rings. The minimum Gasteiger partial charge on any atom is -0.310 e. The van der Waals surface area contributed by atoms with E-state index in [1.54, 1.807) is 0 Å². The summed E-state index contributed by atoms with van der Waals surface area (Å²) in [6.07, 6.45) is 10.7. The summed E-state index contributed by atoms with van der Waals surface area (Å²) in [5.41, 5.74) is 2.63. The van der Waals surface area contributed by atoms with Gasteiger partial charge in [0, 0.05) is 18.4 Å². The highest BCUT2D eigenvalue weighted by molar-refractivity contribution is 5.20. The molecule has 2 heteroatoms. The van der Waals surface area contributed by atoms with E-state index in [4.69, 9.17) is 0 Å². The normalized spacial score (nSPS) is 17.8. The van der Waals surface area contributed by atoms with E-state index in [9.17, 15) is 0 Å². The van der Waals surface area contributed by atoms with E-state index in [0.29, 0.717) is 6.04 Å². The first-order chi connectivity index (χ1) is 8.29. The van der Waals surface area contributed by atoms with Gasteiger partial charge < -0.3 is 5.32 Å². The molecule has 94 valence electrons. The van der Waals surface area contributed by atoms with Crippen LogP contribution in [0.4, 0.5) is 0 Å². The third-order valence-electron chi connectivity index (χ3n) is 3.73. The number of rotatable bonds is 6. The number of hydrogen-bond donors (Lipinski definition) is 1. The summed E-state index contributed by atoms with van der Waals surface area (Å²) in [7, 11) is 0. The van der Waals surface area contributed by atoms with Crippen LogP contribution in [-0.4, -0.2) is 11.5 Å². The Morgan fingerprint density at radius 2 is 2.24 bits per heavy atom. The number of nitrogens with one attached hydrogen (secondary N) is 1. The van der Waals surface area contributed by atoms with Crippen molar-refractivity contribution in [2.75, 3.05) is 6.54 Å². The molecule has 1 N–H and O–H groups in total. The van der Waals surface area contributed by atoms with Crippen molar-refractivity contribution in [2.24, 2.45) is 5.92 Å². The molecule has 1 aromatic heterocycles. The fraction of sp³-hybridized carbons (Fsp3) is 0.667. The third-order valence-corrected chi connectivity index (χ3v) is 3.73. The van der Waals surface area contributed by atoms with Gasteiger partial charge in [0.2, 0.25) is 0 Å². The summed E-state index contributed by atoms with van der Waals surface area (Å²) in [5.74, 6) is 0.935. The molecule has 1 heterocycles. The highest BCUT2D eigenvalue weighted by Crippen LogP contribution is 2.34. The fourth-order valence-electron chi connectivity index (χ4n) is 2.49. The van der Waals surface area contributed by atoms with Crippen molar-refractivity contribution in [3.8, 4) is 0 Å². The molecule has 0 bridgehead atoms. The molecule has 0 spiro atoms. The summed E-state index contributed by atoms with van der Waals surface area (Å²) in [6.45, 7) is 5.45. The van der Waals surface area contributed by atoms with Crippen LogP contribution < -0.4 is 5.32 Å². The lowest BCUT2D eigenvalue weighted by molar-refractivity contribution is 0.261. The molecule has 1 aliphatic carbocycles. The molecular weight excluding hydrogens is 208 g/mol. The fourth-order valence-corrected chi connectivity index (χ4v) is 2.49. The largest absolute Gasteiger partial charge is 0.310 e. The maximum Gasteiger partial charge on any atom is 0.0338 e. The number of hydrogen-bond acceptors (Lipinski definition) is 2. The van der Waals surface area contributed by atoms with E-state index < -0.39 is 0 Å². The number of aryl methyl sites for hydroxylation is 1. The van der Waals surface area contributed by atoms with Crippen molar-refractivity contribution < 1.29 is 0 Å². The van der Waals surface area contributed by atoms with E-state index in [2.05, 4.69) is 30.2 Å². The molecule has 1 aliphatic rings. The lowest BCUT2D eigenvalue weighted by Crippen LogP contribution is -2.26. The molecule has 1 atom stereocenters. The highest BCUT2D eigenvalue weighted by Gasteiger charge is 2.22. The average Bonchev–Trinajstić information content (AvgIpc) is 2.27. The zero-order valence-electron chi connectivity index (χ0n) is 11.1. The standard InChI is InChI=1S/C15H24N2/c1-3-7-17-15(9-13-5-4-6-13)14-8-12(2)10-16-11-14/h8,10-11,13,15,17H,3-7,9H2,1-2H3. The van der Waals surface area contributed by atoms with Gasteiger partial charge >= 0.3 is 0 Å². The SMILES string of the molecule is CCCNC(CC1CCC1)c1cncc(C)c1. The predicted octanol–water partition coefficient (Wildman–Crippen LogP) is 3.62. The molecule has 0 amide bonds. The summed E-state index contributed by atoms with van der Waals surface area (Å²) in [5, 5.41) is 3.67. The van der Waals surface area contributed by atoms with E-state index in [1.165, 1.54) is 43.2 Å². The smallest absolute Gasteiger partial charge is 0.0338 e. The Balaban J connectivity index is 2.02. The summed E-state index contributed by atoms with van der Waals surface area (Å²) < 4.78 is 0. The molecular formula is C15H24N2. The minimum absolute atomic E-state index is 0.507. The van der Waals surface area contributed by atoms with Crippen LogP contribution in [0.25, 0.3) is 0 Å². The maximum absolute atomic E-state index is 4.32. The second-order valence-electron chi connectivity index (χ2n) is 5.33. The van der Waals surface area contributed by atoms with Crippen LogP contribution in [0.15, 0.2) is 18.5 Å². The monoisotopic (exact) mass is 232 g/mol. The van der Waals surface area contributed by atoms with Crippen molar-refractivity contribution >= 4 is 0 Å². The van der Waals surface area contributed by atoms with Crippen LogP contribution in [0.1, 0.15) is 56.2 Å². The average molecular weight is 232 g/mol. The van der Waals surface area contributed by atoms with Gasteiger partial charge in [-0.15, -0.1) is 0 Å². The molecule has 0 radical (unpaired) electrons. The zero-order chi connectivity index (χ0) is 12.1. The highest BCUT2D eigenvalue weighted by atomic mass is 14.9. The molecule has 2 nitrogen and oxygen atoms in total. The Hall–Kier alpha value is -0.890. The number of pyridine rings is 1. The molecule has 17 heavy (non-hydrogen) atoms. The quantitative estimate of drug-likeness (QED) is 0.810. The van der Waals surface area contributed by atoms with Crippen LogP contribution in [-0.2, 0) is 0 Å². The number of aromatic nitrogens is 1. The second-order valence-corrected chi connectivity index (χ2v) is 5.33. The Bertz CT molecular complexity index is 345. The van der Waals surface area contributed by atoms with E-state index in [0.717, 1.165) is 12.5 Å². The lowest BCUT2D eigenvalue weighted by Gasteiger charge is -2.30. The second kappa shape index (κ2) is 6.15. The Morgan fingerprint density at radius 3 is 2.82 bits per heavy atom. The van der Waals surface area contributed by atoms with Gasteiger partial charge in [-0.2, -0.15) is 0 Å². The number of nitrogens with zero attached hydrogens (tertiary/aromatic N) is 1. The Kier molecular flexibility index (Phi) is 4.55. The molecule has 0 aromatic carbocycles. The van der Waals surface area contributed by atoms with Crippen LogP contribution in [0.5, 0.6) is 0 Å². The van der Waals surface area contributed by atoms with Crippen LogP contribution in [0.2, 0.25) is 0 Å². The summed E-state index contributed by atoms with van der Waals surface area (Å²) in [6, 6.07) is 2.78. The van der Waals surface area contributed by atoms with Crippen molar-refractivity contribution in [3.05, 3.63) is 29.6 Å². The van der Waals surface area contributed by atoms with Gasteiger partial charge in [-0.1, -0.05) is 32.3 Å². The van der Waals surface area contributed by atoms with Crippen LogP contribution >= 0.6 is 0 Å². The van der Waals surface area contributed by atoms with Crippen molar-refractivity contribution in [2.45, 2.75) is 52.0 Å². The Morgan fingerprint density at radius 1 is 1.41 bits per heavy atom. The topological polar surface area (TPSA) is 24.9 Å². The van der Waals surface area contributed by atoms with Gasteiger partial charge in [-0.05, 0) is 43.4 Å². The first kappa shape index (κ1) is 12.6. The van der Waals surface area contributed by atoms with Crippen molar-refractivity contribution in [3.63, 3.8) is 0 Å². The van der Waals surface area contributed by atoms with Crippen molar-refractivity contribution in [1.82, 2.24) is 10.3 Å². The van der Waals surface area contributed by atoms with Gasteiger partial charge in [-0.3, -0.25) is 4.98 Å². The zero-order valence-corrected chi connectivity index (χ0v) is 11.1. The van der Waals surface area contributed by atoms with Gasteiger partial charge in [0.05, 0.1) is 0 Å². The van der Waals surface area contributed by atoms with Crippen LogP contribution in [0.3, 0.4) is 0 Å². The van der Waals surface area contributed by atoms with Gasteiger partial charge in [0.15, 0.2) is 0 Å². The first-order valence-electron chi connectivity index (χ1n) is 6.94. The van der Waals surface area contributed by atoms with Gasteiger partial charge in [-0.25, -0.2) is 0 Å². The molecule has 1 unspecified atom stereocenters. The van der Waals surface area contributed by atoms with Crippen molar-refractivity contribution in [1.29, 1.82) is 0 Å². The maximum atomic E-state index is 4.32. The molecule has 2 rings (SSSR count). The van der Waals surface area contributed by atoms with Gasteiger partial charge in [0.25, 0.3) is 0 Å². The molecule has 1 aromatic rings. The summed E-state index contributed by atoms with van der Waals surface area (Å²) >= 11 is 0. The van der Waals surface area contributed by atoms with E-state index in [1.807, 2.05) is 12.4 Å². The van der Waals surface area contributed by atoms with Gasteiger partial charge in [0.1, 0.15) is 0 Å². The first-order valence-corrected chi connectivity index (χ1v) is 6.94.